The van der Waals surface area contributed by atoms with Gasteiger partial charge < -0.3 is 14.4 Å². The summed E-state index contributed by atoms with van der Waals surface area (Å²) in [6.07, 6.45) is 0.964. The summed E-state index contributed by atoms with van der Waals surface area (Å²) in [6.45, 7) is 5.14. The van der Waals surface area contributed by atoms with Gasteiger partial charge in [0, 0.05) is 46.5 Å². The van der Waals surface area contributed by atoms with Gasteiger partial charge in [-0.15, -0.1) is 11.6 Å². The molecule has 5 nitrogen and oxygen atoms in total. The molecule has 0 saturated carbocycles. The van der Waals surface area contributed by atoms with Crippen LogP contribution in [0.5, 0.6) is 0 Å². The summed E-state index contributed by atoms with van der Waals surface area (Å²) < 4.78 is 12.2. The molecule has 0 amide bonds. The zero-order valence-corrected chi connectivity index (χ0v) is 13.0. The minimum atomic E-state index is 0.475. The van der Waals surface area contributed by atoms with Crippen LogP contribution in [-0.2, 0) is 22.4 Å². The van der Waals surface area contributed by atoms with Crippen molar-refractivity contribution in [2.75, 3.05) is 45.4 Å². The molecule has 0 aliphatic heterocycles. The first-order chi connectivity index (χ1) is 9.15. The molecule has 0 unspecified atom stereocenters. The summed E-state index contributed by atoms with van der Waals surface area (Å²) in [5, 5.41) is 4.46. The number of anilines is 1. The maximum atomic E-state index is 6.05. The third-order valence-corrected chi connectivity index (χ3v) is 3.36. The molecule has 19 heavy (non-hydrogen) atoms. The molecule has 1 rings (SSSR count). The normalized spacial score (nSPS) is 11.0. The van der Waals surface area contributed by atoms with Crippen LogP contribution in [0.25, 0.3) is 0 Å². The zero-order chi connectivity index (χ0) is 14.3. The number of aryl methyl sites for hydroxylation is 2. The van der Waals surface area contributed by atoms with Gasteiger partial charge in [-0.2, -0.15) is 5.10 Å². The lowest BCUT2D eigenvalue weighted by atomic mass is 10.2. The number of nitrogens with zero attached hydrogens (tertiary/aromatic N) is 3. The van der Waals surface area contributed by atoms with Gasteiger partial charge in [-0.05, 0) is 13.3 Å². The van der Waals surface area contributed by atoms with Crippen molar-refractivity contribution < 1.29 is 9.47 Å². The molecule has 0 aliphatic rings. The topological polar surface area (TPSA) is 39.5 Å². The van der Waals surface area contributed by atoms with Crippen molar-refractivity contribution in [2.45, 2.75) is 19.2 Å². The van der Waals surface area contributed by atoms with E-state index in [9.17, 15) is 0 Å². The average molecular weight is 290 g/mol. The first-order valence-corrected chi connectivity index (χ1v) is 7.00. The number of aromatic nitrogens is 2. The number of alkyl halides is 1. The average Bonchev–Trinajstić information content (AvgIpc) is 2.68. The standard InChI is InChI=1S/C13H24ClN3O2/c1-11-12(10-14)13(16(2)15-11)17(7-9-19-4)6-5-8-18-3/h5-10H2,1-4H3. The highest BCUT2D eigenvalue weighted by Gasteiger charge is 2.18. The van der Waals surface area contributed by atoms with Crippen LogP contribution in [0.2, 0.25) is 0 Å². The van der Waals surface area contributed by atoms with Gasteiger partial charge in [0.2, 0.25) is 0 Å². The van der Waals surface area contributed by atoms with Crippen LogP contribution < -0.4 is 4.90 Å². The highest BCUT2D eigenvalue weighted by atomic mass is 35.5. The van der Waals surface area contributed by atoms with Gasteiger partial charge in [0.25, 0.3) is 0 Å². The summed E-state index contributed by atoms with van der Waals surface area (Å²) >= 11 is 6.05. The van der Waals surface area contributed by atoms with Crippen molar-refractivity contribution in [2.24, 2.45) is 7.05 Å². The minimum Gasteiger partial charge on any atom is -0.385 e. The fourth-order valence-corrected chi connectivity index (χ4v) is 2.48. The van der Waals surface area contributed by atoms with E-state index in [-0.39, 0.29) is 0 Å². The third-order valence-electron chi connectivity index (χ3n) is 3.09. The lowest BCUT2D eigenvalue weighted by molar-refractivity contribution is 0.190. The highest BCUT2D eigenvalue weighted by Crippen LogP contribution is 2.25. The van der Waals surface area contributed by atoms with E-state index < -0.39 is 0 Å². The Hall–Kier alpha value is -0.780. The van der Waals surface area contributed by atoms with Gasteiger partial charge in [0.15, 0.2) is 0 Å². The maximum Gasteiger partial charge on any atom is 0.131 e. The van der Waals surface area contributed by atoms with Crippen LogP contribution in [0.15, 0.2) is 0 Å². The number of rotatable bonds is 9. The lowest BCUT2D eigenvalue weighted by Crippen LogP contribution is -2.31. The second kappa shape index (κ2) is 8.40. The van der Waals surface area contributed by atoms with Crippen LogP contribution in [0, 0.1) is 6.92 Å². The summed E-state index contributed by atoms with van der Waals surface area (Å²) in [5.74, 6) is 1.56. The van der Waals surface area contributed by atoms with E-state index in [2.05, 4.69) is 10.00 Å². The van der Waals surface area contributed by atoms with Crippen molar-refractivity contribution in [1.82, 2.24) is 9.78 Å². The summed E-state index contributed by atoms with van der Waals surface area (Å²) in [5.41, 5.74) is 2.08. The van der Waals surface area contributed by atoms with E-state index in [1.165, 1.54) is 0 Å². The Bertz CT molecular complexity index is 382. The molecule has 1 aromatic heterocycles. The van der Waals surface area contributed by atoms with Crippen LogP contribution >= 0.6 is 11.6 Å². The molecule has 0 aromatic carbocycles. The van der Waals surface area contributed by atoms with Crippen molar-refractivity contribution >= 4 is 17.4 Å². The van der Waals surface area contributed by atoms with Crippen LogP contribution in [0.4, 0.5) is 5.82 Å². The van der Waals surface area contributed by atoms with E-state index in [1.807, 2.05) is 18.7 Å². The smallest absolute Gasteiger partial charge is 0.131 e. The maximum absolute atomic E-state index is 6.05. The molecular formula is C13H24ClN3O2. The lowest BCUT2D eigenvalue weighted by Gasteiger charge is -2.25. The Morgan fingerprint density at radius 2 is 1.89 bits per heavy atom. The van der Waals surface area contributed by atoms with Gasteiger partial charge in [0.05, 0.1) is 18.2 Å². The monoisotopic (exact) mass is 289 g/mol. The molecule has 0 aliphatic carbocycles. The fraction of sp³-hybridized carbons (Fsp3) is 0.769. The molecule has 6 heteroatoms. The quantitative estimate of drug-likeness (QED) is 0.515. The molecule has 0 atom stereocenters. The van der Waals surface area contributed by atoms with E-state index in [1.54, 1.807) is 14.2 Å². The molecule has 0 saturated heterocycles. The fourth-order valence-electron chi connectivity index (χ4n) is 2.17. The predicted octanol–water partition coefficient (Wildman–Crippen LogP) is 1.96. The second-order valence-corrected chi connectivity index (χ2v) is 4.74. The highest BCUT2D eigenvalue weighted by molar-refractivity contribution is 6.17. The van der Waals surface area contributed by atoms with Gasteiger partial charge in [-0.3, -0.25) is 4.68 Å². The van der Waals surface area contributed by atoms with Gasteiger partial charge in [-0.25, -0.2) is 0 Å². The number of ether oxygens (including phenoxy) is 2. The van der Waals surface area contributed by atoms with Gasteiger partial charge >= 0.3 is 0 Å². The van der Waals surface area contributed by atoms with Crippen LogP contribution in [0.3, 0.4) is 0 Å². The molecule has 1 heterocycles. The van der Waals surface area contributed by atoms with Crippen molar-refractivity contribution in [1.29, 1.82) is 0 Å². The molecule has 110 valence electrons. The van der Waals surface area contributed by atoms with E-state index in [0.717, 1.165) is 43.2 Å². The molecule has 0 N–H and O–H groups in total. The first-order valence-electron chi connectivity index (χ1n) is 6.47. The Morgan fingerprint density at radius 3 is 2.47 bits per heavy atom. The summed E-state index contributed by atoms with van der Waals surface area (Å²) in [7, 11) is 5.39. The van der Waals surface area contributed by atoms with Crippen molar-refractivity contribution in [3.05, 3.63) is 11.3 Å². The van der Waals surface area contributed by atoms with Gasteiger partial charge in [0.1, 0.15) is 5.82 Å². The molecule has 0 spiro atoms. The van der Waals surface area contributed by atoms with E-state index >= 15 is 0 Å². The Morgan fingerprint density at radius 1 is 1.21 bits per heavy atom. The number of methoxy groups -OCH3 is 2. The van der Waals surface area contributed by atoms with Crippen LogP contribution in [-0.4, -0.2) is 50.3 Å². The number of halogens is 1. The summed E-state index contributed by atoms with van der Waals surface area (Å²) in [4.78, 5) is 2.26. The number of hydrogen-bond donors (Lipinski definition) is 0. The molecule has 0 bridgehead atoms. The SMILES string of the molecule is COCCCN(CCOC)c1c(CCl)c(C)nn1C. The van der Waals surface area contributed by atoms with E-state index in [0.29, 0.717) is 12.5 Å². The molecule has 0 radical (unpaired) electrons. The third kappa shape index (κ3) is 4.37. The predicted molar refractivity (Wildman–Crippen MR) is 78.1 cm³/mol. The zero-order valence-electron chi connectivity index (χ0n) is 12.3. The molecule has 0 fully saturated rings. The minimum absolute atomic E-state index is 0.475. The molecule has 1 aromatic rings. The van der Waals surface area contributed by atoms with Gasteiger partial charge in [-0.1, -0.05) is 0 Å². The number of hydrogen-bond acceptors (Lipinski definition) is 4. The Balaban J connectivity index is 2.88. The Kier molecular flexibility index (Phi) is 7.20. The van der Waals surface area contributed by atoms with Crippen LogP contribution in [0.1, 0.15) is 17.7 Å². The van der Waals surface area contributed by atoms with Crippen molar-refractivity contribution in [3.63, 3.8) is 0 Å². The van der Waals surface area contributed by atoms with Crippen molar-refractivity contribution in [3.8, 4) is 0 Å². The summed E-state index contributed by atoms with van der Waals surface area (Å²) in [6, 6.07) is 0. The molecular weight excluding hydrogens is 266 g/mol. The largest absolute Gasteiger partial charge is 0.385 e. The second-order valence-electron chi connectivity index (χ2n) is 4.47. The Labute approximate surface area is 120 Å². The van der Waals surface area contributed by atoms with E-state index in [4.69, 9.17) is 21.1 Å². The first kappa shape index (κ1) is 16.3.